The number of ether oxygens (including phenoxy) is 2. The Morgan fingerprint density at radius 2 is 1.71 bits per heavy atom. The molecule has 1 aromatic carbocycles. The average molecular weight is 288 g/mol. The van der Waals surface area contributed by atoms with Gasteiger partial charge in [0, 0.05) is 24.8 Å². The minimum atomic E-state index is -0.972. The highest BCUT2D eigenvalue weighted by Crippen LogP contribution is 2.42. The van der Waals surface area contributed by atoms with Crippen molar-refractivity contribution in [3.05, 3.63) is 35.9 Å². The number of hydrogen-bond acceptors (Lipinski definition) is 4. The number of rotatable bonds is 2. The monoisotopic (exact) mass is 288 g/mol. The van der Waals surface area contributed by atoms with Crippen LogP contribution in [-0.4, -0.2) is 30.6 Å². The van der Waals surface area contributed by atoms with Gasteiger partial charge in [0.25, 0.3) is 0 Å². The van der Waals surface area contributed by atoms with E-state index in [1.165, 1.54) is 0 Å². The molecule has 0 aromatic heterocycles. The molecule has 0 radical (unpaired) electrons. The Bertz CT molecular complexity index is 545. The third-order valence-corrected chi connectivity index (χ3v) is 4.70. The van der Waals surface area contributed by atoms with E-state index in [2.05, 4.69) is 0 Å². The van der Waals surface area contributed by atoms with Gasteiger partial charge in [0.05, 0.1) is 18.6 Å². The Labute approximate surface area is 124 Å². The lowest BCUT2D eigenvalue weighted by molar-refractivity contribution is -0.166. The van der Waals surface area contributed by atoms with Crippen molar-refractivity contribution in [2.75, 3.05) is 13.2 Å². The van der Waals surface area contributed by atoms with Gasteiger partial charge in [-0.3, -0.25) is 9.59 Å². The molecule has 0 amide bonds. The van der Waals surface area contributed by atoms with Crippen molar-refractivity contribution in [2.45, 2.75) is 38.4 Å². The molecule has 2 fully saturated rings. The molecule has 3 rings (SSSR count). The second-order valence-corrected chi connectivity index (χ2v) is 6.06. The topological polar surface area (TPSA) is 52.6 Å². The molecule has 0 bridgehead atoms. The molecule has 1 saturated carbocycles. The quantitative estimate of drug-likeness (QED) is 0.620. The zero-order chi connectivity index (χ0) is 14.9. The molecule has 1 unspecified atom stereocenters. The second-order valence-electron chi connectivity index (χ2n) is 6.06. The van der Waals surface area contributed by atoms with Crippen LogP contribution in [0.25, 0.3) is 0 Å². The van der Waals surface area contributed by atoms with E-state index in [-0.39, 0.29) is 11.6 Å². The first-order valence-corrected chi connectivity index (χ1v) is 7.47. The highest BCUT2D eigenvalue weighted by atomic mass is 16.7. The van der Waals surface area contributed by atoms with E-state index < -0.39 is 11.2 Å². The fourth-order valence-electron chi connectivity index (χ4n) is 3.22. The summed E-state index contributed by atoms with van der Waals surface area (Å²) in [5.41, 5.74) is -0.377. The van der Waals surface area contributed by atoms with E-state index in [1.807, 2.05) is 18.2 Å². The Hall–Kier alpha value is -1.52. The maximum atomic E-state index is 12.8. The highest BCUT2D eigenvalue weighted by molar-refractivity contribution is 6.14. The van der Waals surface area contributed by atoms with E-state index in [1.54, 1.807) is 19.1 Å². The molecule has 0 N–H and O–H groups in total. The van der Waals surface area contributed by atoms with Crippen molar-refractivity contribution in [2.24, 2.45) is 5.41 Å². The number of carbonyl (C=O) groups excluding carboxylic acids is 2. The second kappa shape index (κ2) is 5.35. The number of benzene rings is 1. The third kappa shape index (κ3) is 2.54. The Kier molecular flexibility index (Phi) is 3.68. The molecule has 1 heterocycles. The zero-order valence-corrected chi connectivity index (χ0v) is 12.3. The predicted molar refractivity (Wildman–Crippen MR) is 77.0 cm³/mol. The summed E-state index contributed by atoms with van der Waals surface area (Å²) in [5.74, 6) is -0.750. The van der Waals surface area contributed by atoms with Crippen LogP contribution >= 0.6 is 0 Å². The standard InChI is InChI=1S/C17H20O4/c1-16(15(19)13-5-3-2-4-6-13)9-10-17(8-7-14(16)18)20-11-12-21-17/h2-6H,7-12H2,1H3. The maximum Gasteiger partial charge on any atom is 0.176 e. The van der Waals surface area contributed by atoms with Gasteiger partial charge in [0.2, 0.25) is 0 Å². The molecule has 4 nitrogen and oxygen atoms in total. The van der Waals surface area contributed by atoms with Gasteiger partial charge in [-0.05, 0) is 13.3 Å². The molecule has 1 atom stereocenters. The molecular formula is C17H20O4. The number of carbonyl (C=O) groups is 2. The summed E-state index contributed by atoms with van der Waals surface area (Å²) >= 11 is 0. The van der Waals surface area contributed by atoms with Crippen LogP contribution in [0.4, 0.5) is 0 Å². The van der Waals surface area contributed by atoms with E-state index in [9.17, 15) is 9.59 Å². The summed E-state index contributed by atoms with van der Waals surface area (Å²) in [6.45, 7) is 2.90. The Morgan fingerprint density at radius 3 is 2.38 bits per heavy atom. The Morgan fingerprint density at radius 1 is 1.05 bits per heavy atom. The largest absolute Gasteiger partial charge is 0.348 e. The third-order valence-electron chi connectivity index (χ3n) is 4.70. The van der Waals surface area contributed by atoms with E-state index in [4.69, 9.17) is 9.47 Å². The molecule has 4 heteroatoms. The van der Waals surface area contributed by atoms with Crippen LogP contribution in [0.2, 0.25) is 0 Å². The molecular weight excluding hydrogens is 268 g/mol. The lowest BCUT2D eigenvalue weighted by atomic mass is 9.75. The van der Waals surface area contributed by atoms with Crippen molar-refractivity contribution in [3.63, 3.8) is 0 Å². The van der Waals surface area contributed by atoms with Gasteiger partial charge in [-0.1, -0.05) is 30.3 Å². The first-order chi connectivity index (χ1) is 10.1. The molecule has 1 saturated heterocycles. The zero-order valence-electron chi connectivity index (χ0n) is 12.3. The highest BCUT2D eigenvalue weighted by Gasteiger charge is 2.48. The molecule has 112 valence electrons. The number of ketones is 2. The Balaban J connectivity index is 1.86. The fraction of sp³-hybridized carbons (Fsp3) is 0.529. The van der Waals surface area contributed by atoms with E-state index in [0.717, 1.165) is 0 Å². The van der Waals surface area contributed by atoms with Gasteiger partial charge < -0.3 is 9.47 Å². The summed E-state index contributed by atoms with van der Waals surface area (Å²) < 4.78 is 11.4. The lowest BCUT2D eigenvalue weighted by Crippen LogP contribution is -2.36. The molecule has 1 aromatic rings. The van der Waals surface area contributed by atoms with Crippen molar-refractivity contribution in [1.82, 2.24) is 0 Å². The van der Waals surface area contributed by atoms with Gasteiger partial charge in [-0.2, -0.15) is 0 Å². The van der Waals surface area contributed by atoms with Crippen LogP contribution in [-0.2, 0) is 14.3 Å². The summed E-state index contributed by atoms with van der Waals surface area (Å²) in [5, 5.41) is 0. The van der Waals surface area contributed by atoms with Crippen LogP contribution in [0.1, 0.15) is 43.0 Å². The van der Waals surface area contributed by atoms with Crippen molar-refractivity contribution in [1.29, 1.82) is 0 Å². The minimum absolute atomic E-state index is 0.00710. The summed E-state index contributed by atoms with van der Waals surface area (Å²) in [6.07, 6.45) is 1.94. The average Bonchev–Trinajstić information content (AvgIpc) is 2.95. The normalized spacial score (nSPS) is 28.5. The summed E-state index contributed by atoms with van der Waals surface area (Å²) in [7, 11) is 0. The summed E-state index contributed by atoms with van der Waals surface area (Å²) in [4.78, 5) is 25.3. The van der Waals surface area contributed by atoms with Crippen molar-refractivity contribution >= 4 is 11.6 Å². The van der Waals surface area contributed by atoms with E-state index >= 15 is 0 Å². The smallest absolute Gasteiger partial charge is 0.176 e. The van der Waals surface area contributed by atoms with Gasteiger partial charge in [0.15, 0.2) is 11.6 Å². The van der Waals surface area contributed by atoms with Crippen LogP contribution in [0.15, 0.2) is 30.3 Å². The van der Waals surface area contributed by atoms with Gasteiger partial charge in [-0.15, -0.1) is 0 Å². The van der Waals surface area contributed by atoms with E-state index in [0.29, 0.717) is 44.5 Å². The van der Waals surface area contributed by atoms with Gasteiger partial charge in [0.1, 0.15) is 5.78 Å². The minimum Gasteiger partial charge on any atom is -0.348 e. The van der Waals surface area contributed by atoms with Crippen molar-refractivity contribution in [3.8, 4) is 0 Å². The molecule has 1 aliphatic heterocycles. The van der Waals surface area contributed by atoms with Crippen LogP contribution in [0.3, 0.4) is 0 Å². The predicted octanol–water partition coefficient (Wildman–Crippen LogP) is 2.76. The van der Waals surface area contributed by atoms with Crippen LogP contribution < -0.4 is 0 Å². The van der Waals surface area contributed by atoms with Crippen LogP contribution in [0, 0.1) is 5.41 Å². The first kappa shape index (κ1) is 14.4. The van der Waals surface area contributed by atoms with Crippen molar-refractivity contribution < 1.29 is 19.1 Å². The molecule has 1 spiro atoms. The maximum absolute atomic E-state index is 12.8. The molecule has 21 heavy (non-hydrogen) atoms. The summed E-state index contributed by atoms with van der Waals surface area (Å²) in [6, 6.07) is 9.04. The van der Waals surface area contributed by atoms with Crippen LogP contribution in [0.5, 0.6) is 0 Å². The number of Topliss-reactive ketones (excluding diaryl/α,β-unsaturated/α-hetero) is 2. The first-order valence-electron chi connectivity index (χ1n) is 7.47. The molecule has 2 aliphatic rings. The lowest BCUT2D eigenvalue weighted by Gasteiger charge is -2.27. The van der Waals surface area contributed by atoms with Gasteiger partial charge in [-0.25, -0.2) is 0 Å². The van der Waals surface area contributed by atoms with Gasteiger partial charge >= 0.3 is 0 Å². The molecule has 1 aliphatic carbocycles. The number of hydrogen-bond donors (Lipinski definition) is 0. The fourth-order valence-corrected chi connectivity index (χ4v) is 3.22. The SMILES string of the molecule is CC1(C(=O)c2ccccc2)CCC2(CCC1=O)OCCO2.